The van der Waals surface area contributed by atoms with Crippen LogP contribution in [0.4, 0.5) is 11.5 Å². The molecule has 1 unspecified atom stereocenters. The van der Waals surface area contributed by atoms with Gasteiger partial charge in [-0.2, -0.15) is 5.10 Å². The van der Waals surface area contributed by atoms with Crippen molar-refractivity contribution in [1.82, 2.24) is 10.2 Å². The first-order chi connectivity index (χ1) is 7.13. The van der Waals surface area contributed by atoms with Crippen LogP contribution in [0.1, 0.15) is 12.1 Å². The molecule has 2 rings (SSSR count). The number of anilines is 2. The number of hydrogen-bond donors (Lipinski definition) is 3. The van der Waals surface area contributed by atoms with Crippen molar-refractivity contribution in [3.63, 3.8) is 0 Å². The molecule has 6 heteroatoms. The van der Waals surface area contributed by atoms with Crippen molar-refractivity contribution in [2.45, 2.75) is 13.3 Å². The third-order valence-electron chi connectivity index (χ3n) is 2.75. The Bertz CT molecular complexity index is 366. The highest BCUT2D eigenvalue weighted by Crippen LogP contribution is 2.30. The van der Waals surface area contributed by atoms with Gasteiger partial charge in [0.2, 0.25) is 5.91 Å². The number of H-pyrrole nitrogens is 1. The molecule has 1 aliphatic heterocycles. The molecule has 0 saturated carbocycles. The highest BCUT2D eigenvalue weighted by Gasteiger charge is 2.32. The van der Waals surface area contributed by atoms with E-state index in [1.54, 1.807) is 4.90 Å². The van der Waals surface area contributed by atoms with Crippen LogP contribution in [0.3, 0.4) is 0 Å². The third-order valence-corrected chi connectivity index (χ3v) is 2.75. The molecule has 1 saturated heterocycles. The van der Waals surface area contributed by atoms with Crippen LogP contribution in [0.15, 0.2) is 0 Å². The van der Waals surface area contributed by atoms with Crippen molar-refractivity contribution < 1.29 is 4.79 Å². The predicted molar refractivity (Wildman–Crippen MR) is 57.3 cm³/mol. The minimum Gasteiger partial charge on any atom is -0.380 e. The first kappa shape index (κ1) is 9.97. The van der Waals surface area contributed by atoms with Gasteiger partial charge in [0, 0.05) is 13.0 Å². The SMILES string of the molecule is Cc1[nH]nc(N)c1N1CC(CN)CC1=O. The Labute approximate surface area is 87.6 Å². The molecule has 0 aliphatic carbocycles. The molecule has 82 valence electrons. The first-order valence-electron chi connectivity index (χ1n) is 4.94. The van der Waals surface area contributed by atoms with Crippen molar-refractivity contribution in [2.75, 3.05) is 23.7 Å². The van der Waals surface area contributed by atoms with E-state index in [9.17, 15) is 4.79 Å². The van der Waals surface area contributed by atoms with Gasteiger partial charge in [-0.3, -0.25) is 9.89 Å². The number of carbonyl (C=O) groups is 1. The lowest BCUT2D eigenvalue weighted by molar-refractivity contribution is -0.117. The van der Waals surface area contributed by atoms with E-state index in [4.69, 9.17) is 11.5 Å². The predicted octanol–water partition coefficient (Wildman–Crippen LogP) is -0.388. The van der Waals surface area contributed by atoms with Gasteiger partial charge in [0.05, 0.1) is 5.69 Å². The van der Waals surface area contributed by atoms with Crippen LogP contribution < -0.4 is 16.4 Å². The summed E-state index contributed by atoms with van der Waals surface area (Å²) in [5.41, 5.74) is 12.8. The lowest BCUT2D eigenvalue weighted by Gasteiger charge is -2.16. The van der Waals surface area contributed by atoms with E-state index < -0.39 is 0 Å². The second-order valence-electron chi connectivity index (χ2n) is 3.89. The van der Waals surface area contributed by atoms with Crippen molar-refractivity contribution in [3.8, 4) is 0 Å². The minimum absolute atomic E-state index is 0.0710. The molecule has 0 bridgehead atoms. The fourth-order valence-electron chi connectivity index (χ4n) is 1.94. The van der Waals surface area contributed by atoms with Gasteiger partial charge < -0.3 is 16.4 Å². The number of hydrogen-bond acceptors (Lipinski definition) is 4. The summed E-state index contributed by atoms with van der Waals surface area (Å²) < 4.78 is 0. The summed E-state index contributed by atoms with van der Waals surface area (Å²) in [6.45, 7) is 3.01. The molecular formula is C9H15N5O. The van der Waals surface area contributed by atoms with Crippen molar-refractivity contribution in [3.05, 3.63) is 5.69 Å². The molecule has 1 aromatic rings. The fourth-order valence-corrected chi connectivity index (χ4v) is 1.94. The van der Waals surface area contributed by atoms with Crippen LogP contribution in [-0.2, 0) is 4.79 Å². The molecule has 2 heterocycles. The highest BCUT2D eigenvalue weighted by molar-refractivity contribution is 5.98. The highest BCUT2D eigenvalue weighted by atomic mass is 16.2. The van der Waals surface area contributed by atoms with Gasteiger partial charge in [0.1, 0.15) is 5.69 Å². The van der Waals surface area contributed by atoms with Crippen LogP contribution in [0, 0.1) is 12.8 Å². The van der Waals surface area contributed by atoms with Crippen molar-refractivity contribution in [1.29, 1.82) is 0 Å². The van der Waals surface area contributed by atoms with Crippen LogP contribution >= 0.6 is 0 Å². The summed E-state index contributed by atoms with van der Waals surface area (Å²) in [6, 6.07) is 0. The van der Waals surface area contributed by atoms with E-state index in [1.807, 2.05) is 6.92 Å². The Morgan fingerprint density at radius 3 is 2.87 bits per heavy atom. The summed E-state index contributed by atoms with van der Waals surface area (Å²) in [5.74, 6) is 0.673. The number of aromatic amines is 1. The largest absolute Gasteiger partial charge is 0.380 e. The van der Waals surface area contributed by atoms with Gasteiger partial charge >= 0.3 is 0 Å². The maximum Gasteiger partial charge on any atom is 0.227 e. The van der Waals surface area contributed by atoms with Gasteiger partial charge in [0.25, 0.3) is 0 Å². The Morgan fingerprint density at radius 2 is 2.40 bits per heavy atom. The Kier molecular flexibility index (Phi) is 2.36. The van der Waals surface area contributed by atoms with E-state index in [0.717, 1.165) is 5.69 Å². The van der Waals surface area contributed by atoms with Gasteiger partial charge in [-0.05, 0) is 19.4 Å². The number of aromatic nitrogens is 2. The van der Waals surface area contributed by atoms with Gasteiger partial charge in [-0.1, -0.05) is 0 Å². The molecule has 1 aromatic heterocycles. The summed E-state index contributed by atoms with van der Waals surface area (Å²) in [6.07, 6.45) is 0.501. The molecule has 15 heavy (non-hydrogen) atoms. The fraction of sp³-hybridized carbons (Fsp3) is 0.556. The van der Waals surface area contributed by atoms with Crippen LogP contribution in [0.25, 0.3) is 0 Å². The number of nitrogen functional groups attached to an aromatic ring is 1. The van der Waals surface area contributed by atoms with E-state index in [-0.39, 0.29) is 11.8 Å². The molecule has 1 amide bonds. The Morgan fingerprint density at radius 1 is 1.67 bits per heavy atom. The van der Waals surface area contributed by atoms with Gasteiger partial charge in [0.15, 0.2) is 5.82 Å². The number of nitrogens with one attached hydrogen (secondary N) is 1. The molecule has 5 N–H and O–H groups in total. The summed E-state index contributed by atoms with van der Waals surface area (Å²) in [7, 11) is 0. The number of aryl methyl sites for hydroxylation is 1. The molecule has 0 aromatic carbocycles. The summed E-state index contributed by atoms with van der Waals surface area (Å²) >= 11 is 0. The monoisotopic (exact) mass is 209 g/mol. The lowest BCUT2D eigenvalue weighted by Crippen LogP contribution is -2.26. The standard InChI is InChI=1S/C9H15N5O/c1-5-8(9(11)13-12-5)14-4-6(3-10)2-7(14)15/h6H,2-4,10H2,1H3,(H3,11,12,13). The number of rotatable bonds is 2. The number of nitrogens with zero attached hydrogens (tertiary/aromatic N) is 2. The maximum absolute atomic E-state index is 11.7. The lowest BCUT2D eigenvalue weighted by atomic mass is 10.1. The number of amides is 1. The second-order valence-corrected chi connectivity index (χ2v) is 3.89. The van der Waals surface area contributed by atoms with E-state index in [1.165, 1.54) is 0 Å². The smallest absolute Gasteiger partial charge is 0.227 e. The summed E-state index contributed by atoms with van der Waals surface area (Å²) in [4.78, 5) is 13.4. The molecule has 0 radical (unpaired) electrons. The Hall–Kier alpha value is -1.56. The molecule has 0 spiro atoms. The van der Waals surface area contributed by atoms with Crippen LogP contribution in [0.5, 0.6) is 0 Å². The molecule has 1 aliphatic rings. The van der Waals surface area contributed by atoms with Crippen molar-refractivity contribution in [2.24, 2.45) is 11.7 Å². The van der Waals surface area contributed by atoms with Crippen LogP contribution in [-0.4, -0.2) is 29.2 Å². The average molecular weight is 209 g/mol. The topological polar surface area (TPSA) is 101 Å². The molecule has 1 fully saturated rings. The Balaban J connectivity index is 2.29. The van der Waals surface area contributed by atoms with Crippen LogP contribution in [0.2, 0.25) is 0 Å². The zero-order valence-electron chi connectivity index (χ0n) is 8.66. The maximum atomic E-state index is 11.7. The second kappa shape index (κ2) is 3.54. The first-order valence-corrected chi connectivity index (χ1v) is 4.94. The number of carbonyl (C=O) groups excluding carboxylic acids is 1. The van der Waals surface area contributed by atoms with E-state index in [2.05, 4.69) is 10.2 Å². The van der Waals surface area contributed by atoms with Gasteiger partial charge in [-0.15, -0.1) is 0 Å². The molecule has 1 atom stereocenters. The van der Waals surface area contributed by atoms with E-state index >= 15 is 0 Å². The normalized spacial score (nSPS) is 21.3. The molecule has 6 nitrogen and oxygen atoms in total. The zero-order valence-corrected chi connectivity index (χ0v) is 8.66. The third kappa shape index (κ3) is 1.56. The van der Waals surface area contributed by atoms with Crippen molar-refractivity contribution >= 4 is 17.4 Å². The number of nitrogens with two attached hydrogens (primary N) is 2. The van der Waals surface area contributed by atoms with E-state index in [0.29, 0.717) is 31.0 Å². The quantitative estimate of drug-likeness (QED) is 0.617. The molecular weight excluding hydrogens is 194 g/mol. The summed E-state index contributed by atoms with van der Waals surface area (Å²) in [5, 5.41) is 6.64. The minimum atomic E-state index is 0.0710. The van der Waals surface area contributed by atoms with Gasteiger partial charge in [-0.25, -0.2) is 0 Å². The zero-order chi connectivity index (χ0) is 11.0. The average Bonchev–Trinajstić information content (AvgIpc) is 2.71.